The Balaban J connectivity index is 2.77. The highest BCUT2D eigenvalue weighted by Crippen LogP contribution is 2.31. The van der Waals surface area contributed by atoms with E-state index in [1.807, 2.05) is 39.0 Å². The highest BCUT2D eigenvalue weighted by molar-refractivity contribution is 5.81. The topological polar surface area (TPSA) is 112 Å². The molecule has 1 amide bonds. The minimum atomic E-state index is -0.853. The van der Waals surface area contributed by atoms with Crippen LogP contribution in [0.3, 0.4) is 0 Å². The Labute approximate surface area is 211 Å². The number of nitrogens with one attached hydrogen (secondary N) is 1. The Bertz CT molecular complexity index is 750. The molecule has 4 N–H and O–H groups in total. The molecule has 0 aliphatic rings. The van der Waals surface area contributed by atoms with Crippen LogP contribution in [0.15, 0.2) is 18.2 Å². The van der Waals surface area contributed by atoms with Crippen LogP contribution in [0, 0.1) is 17.3 Å². The van der Waals surface area contributed by atoms with Gasteiger partial charge in [0.2, 0.25) is 5.91 Å². The van der Waals surface area contributed by atoms with E-state index in [2.05, 4.69) is 19.2 Å². The molecule has 0 aliphatic heterocycles. The average Bonchev–Trinajstić information content (AvgIpc) is 2.79. The van der Waals surface area contributed by atoms with Gasteiger partial charge in [0.1, 0.15) is 6.10 Å². The maximum absolute atomic E-state index is 12.5. The molecule has 0 spiro atoms. The molecule has 0 aliphatic carbocycles. The Hall–Kier alpha value is -1.87. The third kappa shape index (κ3) is 10.7. The van der Waals surface area contributed by atoms with Crippen LogP contribution in [-0.2, 0) is 20.7 Å². The first-order chi connectivity index (χ1) is 16.4. The van der Waals surface area contributed by atoms with E-state index in [-0.39, 0.29) is 23.8 Å². The Morgan fingerprint density at radius 1 is 1.11 bits per heavy atom. The summed E-state index contributed by atoms with van der Waals surface area (Å²) >= 11 is 0. The normalized spacial score (nSPS) is 15.4. The van der Waals surface area contributed by atoms with Gasteiger partial charge in [0.15, 0.2) is 11.5 Å². The number of carbonyl (C=O) groups is 1. The molecule has 202 valence electrons. The second-order valence-corrected chi connectivity index (χ2v) is 10.6. The summed E-state index contributed by atoms with van der Waals surface area (Å²) in [7, 11) is 4.81. The molecule has 1 aromatic rings. The molecule has 1 rings (SSSR count). The molecule has 1 aromatic carbocycles. The van der Waals surface area contributed by atoms with E-state index in [0.717, 1.165) is 18.4 Å². The summed E-state index contributed by atoms with van der Waals surface area (Å²) in [4.78, 5) is 12.5. The molecule has 35 heavy (non-hydrogen) atoms. The van der Waals surface area contributed by atoms with E-state index < -0.39 is 18.2 Å². The summed E-state index contributed by atoms with van der Waals surface area (Å²) in [6.07, 6.45) is 0.752. The summed E-state index contributed by atoms with van der Waals surface area (Å²) in [5, 5.41) is 13.4. The molecule has 0 heterocycles. The molecule has 0 aromatic heterocycles. The number of aliphatic hydroxyl groups excluding tert-OH is 1. The third-order valence-corrected chi connectivity index (χ3v) is 6.23. The van der Waals surface area contributed by atoms with E-state index >= 15 is 0 Å². The lowest BCUT2D eigenvalue weighted by molar-refractivity contribution is -0.137. The molecule has 0 radical (unpaired) electrons. The number of carbonyl (C=O) groups excluding carboxylic acids is 1. The smallest absolute Gasteiger partial charge is 0.249 e. The van der Waals surface area contributed by atoms with Crippen molar-refractivity contribution in [1.82, 2.24) is 5.32 Å². The van der Waals surface area contributed by atoms with Gasteiger partial charge in [0.05, 0.1) is 19.8 Å². The highest BCUT2D eigenvalue weighted by atomic mass is 16.5. The Morgan fingerprint density at radius 3 is 2.34 bits per heavy atom. The molecule has 0 fully saturated rings. The van der Waals surface area contributed by atoms with Crippen molar-refractivity contribution in [2.24, 2.45) is 23.0 Å². The van der Waals surface area contributed by atoms with Crippen LogP contribution in [0.5, 0.6) is 11.5 Å². The number of benzene rings is 1. The monoisotopic (exact) mass is 496 g/mol. The molecule has 0 unspecified atom stereocenters. The fraction of sp³-hybridized carbons (Fsp3) is 0.741. The first kappa shape index (κ1) is 31.2. The van der Waals surface area contributed by atoms with Gasteiger partial charge in [-0.2, -0.15) is 0 Å². The van der Waals surface area contributed by atoms with Gasteiger partial charge in [-0.3, -0.25) is 4.79 Å². The minimum Gasteiger partial charge on any atom is -0.493 e. The van der Waals surface area contributed by atoms with E-state index in [1.54, 1.807) is 14.2 Å². The highest BCUT2D eigenvalue weighted by Gasteiger charge is 2.32. The lowest BCUT2D eigenvalue weighted by atomic mass is 9.83. The number of rotatable bonds is 16. The Morgan fingerprint density at radius 2 is 1.80 bits per heavy atom. The van der Waals surface area contributed by atoms with Crippen molar-refractivity contribution in [3.8, 4) is 11.5 Å². The van der Waals surface area contributed by atoms with Crippen LogP contribution in [0.1, 0.15) is 53.0 Å². The van der Waals surface area contributed by atoms with Crippen LogP contribution in [-0.4, -0.2) is 70.4 Å². The number of amides is 1. The van der Waals surface area contributed by atoms with E-state index in [4.69, 9.17) is 24.7 Å². The molecule has 8 heteroatoms. The number of aliphatic hydroxyl groups is 1. The molecule has 8 nitrogen and oxygen atoms in total. The molecule has 0 saturated carbocycles. The van der Waals surface area contributed by atoms with E-state index in [0.29, 0.717) is 37.1 Å². The fourth-order valence-electron chi connectivity index (χ4n) is 4.05. The first-order valence-corrected chi connectivity index (χ1v) is 12.5. The second kappa shape index (κ2) is 15.3. The van der Waals surface area contributed by atoms with Gasteiger partial charge in [0, 0.05) is 39.8 Å². The van der Waals surface area contributed by atoms with Gasteiger partial charge in [-0.05, 0) is 47.8 Å². The second-order valence-electron chi connectivity index (χ2n) is 10.6. The lowest BCUT2D eigenvalue weighted by Gasteiger charge is -2.30. The van der Waals surface area contributed by atoms with Gasteiger partial charge >= 0.3 is 0 Å². The van der Waals surface area contributed by atoms with Gasteiger partial charge in [0.25, 0.3) is 0 Å². The van der Waals surface area contributed by atoms with Gasteiger partial charge in [-0.1, -0.05) is 40.7 Å². The summed E-state index contributed by atoms with van der Waals surface area (Å²) in [5.74, 6) is 1.76. The zero-order valence-electron chi connectivity index (χ0n) is 22.9. The first-order valence-electron chi connectivity index (χ1n) is 12.5. The molecule has 4 atom stereocenters. The predicted molar refractivity (Wildman–Crippen MR) is 139 cm³/mol. The van der Waals surface area contributed by atoms with Crippen molar-refractivity contribution in [3.63, 3.8) is 0 Å². The maximum Gasteiger partial charge on any atom is 0.249 e. The van der Waals surface area contributed by atoms with Crippen molar-refractivity contribution in [1.29, 1.82) is 0 Å². The minimum absolute atomic E-state index is 0.0861. The summed E-state index contributed by atoms with van der Waals surface area (Å²) in [6.45, 7) is 11.4. The van der Waals surface area contributed by atoms with Crippen molar-refractivity contribution < 1.29 is 28.8 Å². The zero-order chi connectivity index (χ0) is 26.6. The summed E-state index contributed by atoms with van der Waals surface area (Å²) < 4.78 is 21.8. The number of ether oxygens (including phenoxy) is 4. The average molecular weight is 497 g/mol. The SMILES string of the molecule is COCCCOc1cc(C[C@@H](C[C@H](N)[C@@H](O)CNC(=O)[C@H](OC)C(C)(C)C)C(C)C)ccc1OC. The standard InChI is InChI=1S/C27H48N2O6/c1-18(2)20(14-19-10-11-23(33-7)24(15-19)35-13-9-12-32-6)16-21(28)22(30)17-29-26(31)25(34-8)27(3,4)5/h10-11,15,18,20-22,25,30H,9,12-14,16-17,28H2,1-8H3,(H,29,31)/t20-,21-,22-,25-/m0/s1. The predicted octanol–water partition coefficient (Wildman–Crippen LogP) is 3.18. The summed E-state index contributed by atoms with van der Waals surface area (Å²) in [6, 6.07) is 5.50. The number of methoxy groups -OCH3 is 3. The quantitative estimate of drug-likeness (QED) is 0.301. The summed E-state index contributed by atoms with van der Waals surface area (Å²) in [5.41, 5.74) is 7.14. The van der Waals surface area contributed by atoms with Crippen molar-refractivity contribution in [3.05, 3.63) is 23.8 Å². The van der Waals surface area contributed by atoms with Crippen molar-refractivity contribution in [2.45, 2.75) is 72.1 Å². The third-order valence-electron chi connectivity index (χ3n) is 6.23. The van der Waals surface area contributed by atoms with Crippen LogP contribution in [0.4, 0.5) is 0 Å². The largest absolute Gasteiger partial charge is 0.493 e. The fourth-order valence-corrected chi connectivity index (χ4v) is 4.05. The van der Waals surface area contributed by atoms with Crippen molar-refractivity contribution >= 4 is 5.91 Å². The van der Waals surface area contributed by atoms with E-state index in [1.165, 1.54) is 7.11 Å². The van der Waals surface area contributed by atoms with E-state index in [9.17, 15) is 9.90 Å². The van der Waals surface area contributed by atoms with Crippen molar-refractivity contribution in [2.75, 3.05) is 41.1 Å². The Kier molecular flexibility index (Phi) is 13.6. The van der Waals surface area contributed by atoms with Crippen LogP contribution in [0.25, 0.3) is 0 Å². The number of hydrogen-bond acceptors (Lipinski definition) is 7. The number of nitrogens with two attached hydrogens (primary N) is 1. The molecular formula is C27H48N2O6. The number of hydrogen-bond donors (Lipinski definition) is 3. The zero-order valence-corrected chi connectivity index (χ0v) is 22.9. The maximum atomic E-state index is 12.5. The molecule has 0 bridgehead atoms. The van der Waals surface area contributed by atoms with Gasteiger partial charge < -0.3 is 35.1 Å². The molecule has 0 saturated heterocycles. The molecular weight excluding hydrogens is 448 g/mol. The van der Waals surface area contributed by atoms with Gasteiger partial charge in [-0.25, -0.2) is 0 Å². The lowest BCUT2D eigenvalue weighted by Crippen LogP contribution is -2.49. The van der Waals surface area contributed by atoms with Crippen LogP contribution in [0.2, 0.25) is 0 Å². The van der Waals surface area contributed by atoms with Crippen LogP contribution < -0.4 is 20.5 Å². The van der Waals surface area contributed by atoms with Crippen LogP contribution >= 0.6 is 0 Å². The van der Waals surface area contributed by atoms with Gasteiger partial charge in [-0.15, -0.1) is 0 Å².